The molecule has 0 unspecified atom stereocenters. The van der Waals surface area contributed by atoms with Gasteiger partial charge in [-0.25, -0.2) is 8.42 Å². The summed E-state index contributed by atoms with van der Waals surface area (Å²) < 4.78 is 30.7. The topological polar surface area (TPSA) is 66.9 Å². The van der Waals surface area contributed by atoms with Crippen molar-refractivity contribution >= 4 is 15.9 Å². The first-order valence-electron chi connectivity index (χ1n) is 8.25. The highest BCUT2D eigenvalue weighted by Gasteiger charge is 2.41. The van der Waals surface area contributed by atoms with Gasteiger partial charge in [-0.1, -0.05) is 29.8 Å². The third kappa shape index (κ3) is 3.79. The fourth-order valence-corrected chi connectivity index (χ4v) is 4.34. The van der Waals surface area contributed by atoms with Crippen LogP contribution in [-0.4, -0.2) is 62.1 Å². The molecule has 1 amide bonds. The van der Waals surface area contributed by atoms with Crippen molar-refractivity contribution in [3.8, 4) is 0 Å². The Morgan fingerprint density at radius 3 is 2.79 bits per heavy atom. The summed E-state index contributed by atoms with van der Waals surface area (Å²) in [5.41, 5.74) is 2.28. The van der Waals surface area contributed by atoms with Crippen LogP contribution in [-0.2, 0) is 26.1 Å². The Kier molecular flexibility index (Phi) is 4.94. The largest absolute Gasteiger partial charge is 0.374 e. The summed E-state index contributed by atoms with van der Waals surface area (Å²) >= 11 is 0. The average Bonchev–Trinajstić information content (AvgIpc) is 2.66. The average molecular weight is 352 g/mol. The maximum absolute atomic E-state index is 12.9. The number of benzene rings is 1. The smallest absolute Gasteiger partial charge is 0.228 e. The number of piperidine rings is 1. The van der Waals surface area contributed by atoms with Gasteiger partial charge >= 0.3 is 0 Å². The van der Waals surface area contributed by atoms with Crippen LogP contribution in [0.2, 0.25) is 0 Å². The summed E-state index contributed by atoms with van der Waals surface area (Å²) in [6, 6.07) is 8.14. The Labute approximate surface area is 143 Å². The first-order chi connectivity index (χ1) is 11.3. The second-order valence-corrected chi connectivity index (χ2v) is 8.66. The van der Waals surface area contributed by atoms with Crippen molar-refractivity contribution in [3.05, 3.63) is 35.4 Å². The zero-order valence-electron chi connectivity index (χ0n) is 14.1. The molecule has 0 saturated carbocycles. The van der Waals surface area contributed by atoms with Crippen LogP contribution in [0.3, 0.4) is 0 Å². The van der Waals surface area contributed by atoms with Crippen LogP contribution in [0.4, 0.5) is 0 Å². The van der Waals surface area contributed by atoms with Gasteiger partial charge in [0.25, 0.3) is 0 Å². The van der Waals surface area contributed by atoms with E-state index in [0.717, 1.165) is 5.56 Å². The Hall–Kier alpha value is -1.44. The number of fused-ring (bicyclic) bond motifs is 1. The van der Waals surface area contributed by atoms with Crippen molar-refractivity contribution in [1.82, 2.24) is 9.21 Å². The van der Waals surface area contributed by atoms with Crippen molar-refractivity contribution in [3.63, 3.8) is 0 Å². The molecule has 2 aliphatic heterocycles. The van der Waals surface area contributed by atoms with Gasteiger partial charge in [0.15, 0.2) is 0 Å². The van der Waals surface area contributed by atoms with Crippen molar-refractivity contribution in [2.75, 3.05) is 32.5 Å². The van der Waals surface area contributed by atoms with Crippen LogP contribution in [0.15, 0.2) is 24.3 Å². The van der Waals surface area contributed by atoms with Gasteiger partial charge in [0.05, 0.1) is 24.9 Å². The number of hydrogen-bond donors (Lipinski definition) is 0. The van der Waals surface area contributed by atoms with E-state index in [1.54, 1.807) is 0 Å². The molecule has 24 heavy (non-hydrogen) atoms. The van der Waals surface area contributed by atoms with Crippen LogP contribution >= 0.6 is 0 Å². The van der Waals surface area contributed by atoms with E-state index in [0.29, 0.717) is 32.7 Å². The number of amides is 1. The molecule has 7 heteroatoms. The van der Waals surface area contributed by atoms with Gasteiger partial charge in [0.2, 0.25) is 15.9 Å². The third-order valence-electron chi connectivity index (χ3n) is 4.77. The molecule has 3 rings (SSSR count). The molecule has 0 N–H and O–H groups in total. The van der Waals surface area contributed by atoms with Crippen LogP contribution < -0.4 is 0 Å². The zero-order valence-corrected chi connectivity index (χ0v) is 15.0. The van der Waals surface area contributed by atoms with E-state index in [4.69, 9.17) is 4.74 Å². The van der Waals surface area contributed by atoms with Gasteiger partial charge in [0.1, 0.15) is 0 Å². The summed E-state index contributed by atoms with van der Waals surface area (Å²) in [5, 5.41) is 0. The Morgan fingerprint density at radius 1 is 1.29 bits per heavy atom. The highest BCUT2D eigenvalue weighted by molar-refractivity contribution is 7.88. The molecular formula is C17H24N2O4S. The van der Waals surface area contributed by atoms with Gasteiger partial charge in [-0.3, -0.25) is 4.79 Å². The number of rotatable bonds is 3. The molecule has 6 nitrogen and oxygen atoms in total. The summed E-state index contributed by atoms with van der Waals surface area (Å²) in [4.78, 5) is 14.7. The minimum absolute atomic E-state index is 0.0761. The molecule has 2 fully saturated rings. The predicted molar refractivity (Wildman–Crippen MR) is 90.9 cm³/mol. The van der Waals surface area contributed by atoms with Gasteiger partial charge in [-0.15, -0.1) is 0 Å². The lowest BCUT2D eigenvalue weighted by Gasteiger charge is -2.35. The lowest BCUT2D eigenvalue weighted by atomic mass is 9.93. The fraction of sp³-hybridized carbons (Fsp3) is 0.588. The zero-order chi connectivity index (χ0) is 17.3. The fourth-order valence-electron chi connectivity index (χ4n) is 3.49. The molecular weight excluding hydrogens is 328 g/mol. The Morgan fingerprint density at radius 2 is 2.08 bits per heavy atom. The second-order valence-electron chi connectivity index (χ2n) is 6.67. The van der Waals surface area contributed by atoms with Crippen LogP contribution in [0.1, 0.15) is 17.5 Å². The van der Waals surface area contributed by atoms with E-state index in [2.05, 4.69) is 6.07 Å². The normalized spacial score (nSPS) is 26.1. The van der Waals surface area contributed by atoms with Crippen molar-refractivity contribution in [1.29, 1.82) is 0 Å². The van der Waals surface area contributed by atoms with Gasteiger partial charge in [0, 0.05) is 26.2 Å². The molecule has 2 aliphatic rings. The van der Waals surface area contributed by atoms with Gasteiger partial charge in [-0.05, 0) is 18.9 Å². The number of aryl methyl sites for hydroxylation is 1. The lowest BCUT2D eigenvalue weighted by molar-refractivity contribution is -0.138. The predicted octanol–water partition coefficient (Wildman–Crippen LogP) is 1.00. The molecule has 132 valence electrons. The summed E-state index contributed by atoms with van der Waals surface area (Å²) in [5.74, 6) is -0.178. The molecule has 0 aliphatic carbocycles. The van der Waals surface area contributed by atoms with E-state index in [9.17, 15) is 13.2 Å². The van der Waals surface area contributed by atoms with Gasteiger partial charge in [-0.2, -0.15) is 4.31 Å². The lowest BCUT2D eigenvalue weighted by Crippen LogP contribution is -2.50. The van der Waals surface area contributed by atoms with Crippen LogP contribution in [0.5, 0.6) is 0 Å². The summed E-state index contributed by atoms with van der Waals surface area (Å²) in [6.07, 6.45) is 1.38. The molecule has 0 bridgehead atoms. The Balaban J connectivity index is 1.72. The molecule has 2 atom stereocenters. The second kappa shape index (κ2) is 6.82. The van der Waals surface area contributed by atoms with E-state index in [-0.39, 0.29) is 24.5 Å². The maximum Gasteiger partial charge on any atom is 0.228 e. The van der Waals surface area contributed by atoms with E-state index in [1.165, 1.54) is 16.1 Å². The van der Waals surface area contributed by atoms with E-state index >= 15 is 0 Å². The number of nitrogens with zero attached hydrogens (tertiary/aromatic N) is 2. The molecule has 0 radical (unpaired) electrons. The number of ether oxygens (including phenoxy) is 1. The number of sulfonamides is 1. The van der Waals surface area contributed by atoms with E-state index < -0.39 is 10.0 Å². The summed E-state index contributed by atoms with van der Waals surface area (Å²) in [7, 11) is -3.24. The number of hydrogen-bond acceptors (Lipinski definition) is 4. The molecule has 2 heterocycles. The van der Waals surface area contributed by atoms with E-state index in [1.807, 2.05) is 30.0 Å². The first-order valence-corrected chi connectivity index (χ1v) is 10.1. The SMILES string of the molecule is Cc1cccc(CN2CCO[C@@H]3CN(S(C)(=O)=O)CC[C@@H]3C2=O)c1. The number of carbonyl (C=O) groups is 1. The molecule has 2 saturated heterocycles. The van der Waals surface area contributed by atoms with Gasteiger partial charge < -0.3 is 9.64 Å². The maximum atomic E-state index is 12.9. The monoisotopic (exact) mass is 352 g/mol. The van der Waals surface area contributed by atoms with Crippen molar-refractivity contribution in [2.45, 2.75) is 26.0 Å². The minimum atomic E-state index is -3.24. The minimum Gasteiger partial charge on any atom is -0.374 e. The summed E-state index contributed by atoms with van der Waals surface area (Å²) in [6.45, 7) is 4.24. The molecule has 1 aromatic carbocycles. The molecule has 1 aromatic rings. The van der Waals surface area contributed by atoms with Crippen LogP contribution in [0.25, 0.3) is 0 Å². The standard InChI is InChI=1S/C17H24N2O4S/c1-13-4-3-5-14(10-13)11-18-8-9-23-16-12-19(24(2,21)22)7-6-15(16)17(18)20/h3-5,10,15-16H,6-9,11-12H2,1-2H3/t15-,16+/m0/s1. The Bertz CT molecular complexity index is 719. The highest BCUT2D eigenvalue weighted by atomic mass is 32.2. The van der Waals surface area contributed by atoms with Crippen molar-refractivity contribution in [2.24, 2.45) is 5.92 Å². The van der Waals surface area contributed by atoms with Crippen LogP contribution in [0, 0.1) is 12.8 Å². The quantitative estimate of drug-likeness (QED) is 0.814. The third-order valence-corrected chi connectivity index (χ3v) is 6.04. The first kappa shape index (κ1) is 17.4. The molecule has 0 spiro atoms. The number of carbonyl (C=O) groups excluding carboxylic acids is 1. The highest BCUT2D eigenvalue weighted by Crippen LogP contribution is 2.27. The van der Waals surface area contributed by atoms with Crippen molar-refractivity contribution < 1.29 is 17.9 Å². The molecule has 0 aromatic heterocycles.